The second-order valence-corrected chi connectivity index (χ2v) is 6.59. The van der Waals surface area contributed by atoms with Crippen LogP contribution in [0.2, 0.25) is 0 Å². The van der Waals surface area contributed by atoms with Crippen molar-refractivity contribution in [1.82, 2.24) is 0 Å². The van der Waals surface area contributed by atoms with Gasteiger partial charge in [0.15, 0.2) is 0 Å². The van der Waals surface area contributed by atoms with Crippen molar-refractivity contribution in [3.05, 3.63) is 53.0 Å². The van der Waals surface area contributed by atoms with Crippen LogP contribution in [0, 0.1) is 0 Å². The van der Waals surface area contributed by atoms with Gasteiger partial charge in [0.1, 0.15) is 0 Å². The molecular formula is C16H22OSe. The van der Waals surface area contributed by atoms with E-state index in [1.807, 2.05) is 13.0 Å². The van der Waals surface area contributed by atoms with Crippen LogP contribution in [-0.2, 0) is 4.74 Å². The zero-order valence-electron chi connectivity index (χ0n) is 11.5. The summed E-state index contributed by atoms with van der Waals surface area (Å²) >= 11 is 0.336. The molecule has 2 heteroatoms. The Balaban J connectivity index is 2.88. The number of allylic oxidation sites excluding steroid dienone is 1. The van der Waals surface area contributed by atoms with E-state index in [-0.39, 0.29) is 6.10 Å². The van der Waals surface area contributed by atoms with E-state index in [0.29, 0.717) is 15.0 Å². The first-order valence-corrected chi connectivity index (χ1v) is 8.03. The first kappa shape index (κ1) is 15.2. The molecule has 1 unspecified atom stereocenters. The van der Waals surface area contributed by atoms with Crippen LogP contribution in [0.25, 0.3) is 0 Å². The second-order valence-electron chi connectivity index (χ2n) is 4.25. The van der Waals surface area contributed by atoms with Crippen molar-refractivity contribution in [2.75, 3.05) is 6.61 Å². The zero-order valence-corrected chi connectivity index (χ0v) is 13.2. The summed E-state index contributed by atoms with van der Waals surface area (Å²) in [6.45, 7) is 11.0. The Labute approximate surface area is 117 Å². The predicted octanol–water partition coefficient (Wildman–Crippen LogP) is 3.29. The Morgan fingerprint density at radius 3 is 2.50 bits per heavy atom. The van der Waals surface area contributed by atoms with E-state index >= 15 is 0 Å². The molecule has 0 aliphatic rings. The van der Waals surface area contributed by atoms with E-state index in [9.17, 15) is 0 Å². The van der Waals surface area contributed by atoms with E-state index < -0.39 is 0 Å². The molecule has 1 aromatic carbocycles. The van der Waals surface area contributed by atoms with Crippen molar-refractivity contribution in [2.45, 2.75) is 33.3 Å². The summed E-state index contributed by atoms with van der Waals surface area (Å²) in [6.07, 6.45) is 3.03. The van der Waals surface area contributed by atoms with Gasteiger partial charge in [-0.15, -0.1) is 0 Å². The van der Waals surface area contributed by atoms with Crippen LogP contribution < -0.4 is 4.46 Å². The molecule has 0 N–H and O–H groups in total. The summed E-state index contributed by atoms with van der Waals surface area (Å²) in [6, 6.07) is 10.6. The Hall–Kier alpha value is -0.821. The molecule has 0 amide bonds. The molecule has 98 valence electrons. The maximum absolute atomic E-state index is 5.86. The van der Waals surface area contributed by atoms with Gasteiger partial charge in [-0.2, -0.15) is 0 Å². The molecule has 0 aliphatic heterocycles. The summed E-state index contributed by atoms with van der Waals surface area (Å²) in [5.74, 6) is 0. The van der Waals surface area contributed by atoms with Crippen molar-refractivity contribution >= 4 is 19.4 Å². The average molecular weight is 309 g/mol. The Bertz CT molecular complexity index is 391. The van der Waals surface area contributed by atoms with Crippen LogP contribution in [0.1, 0.15) is 27.2 Å². The van der Waals surface area contributed by atoms with E-state index in [2.05, 4.69) is 50.8 Å². The summed E-state index contributed by atoms with van der Waals surface area (Å²) < 4.78 is 8.70. The summed E-state index contributed by atoms with van der Waals surface area (Å²) in [5, 5.41) is 0. The number of ether oxygens (including phenoxy) is 1. The predicted molar refractivity (Wildman–Crippen MR) is 80.4 cm³/mol. The van der Waals surface area contributed by atoms with Gasteiger partial charge in [-0.25, -0.2) is 0 Å². The molecule has 1 nitrogen and oxygen atoms in total. The van der Waals surface area contributed by atoms with Crippen molar-refractivity contribution in [2.24, 2.45) is 0 Å². The van der Waals surface area contributed by atoms with Gasteiger partial charge in [-0.3, -0.25) is 0 Å². The Morgan fingerprint density at radius 2 is 2.00 bits per heavy atom. The van der Waals surface area contributed by atoms with Crippen LogP contribution >= 0.6 is 0 Å². The Kier molecular flexibility index (Phi) is 7.04. The number of hydrogen-bond donors (Lipinski definition) is 0. The van der Waals surface area contributed by atoms with E-state index in [1.54, 1.807) is 0 Å². The molecule has 18 heavy (non-hydrogen) atoms. The van der Waals surface area contributed by atoms with Gasteiger partial charge in [-0.05, 0) is 0 Å². The van der Waals surface area contributed by atoms with Crippen molar-refractivity contribution in [1.29, 1.82) is 0 Å². The van der Waals surface area contributed by atoms with Crippen LogP contribution in [0.15, 0.2) is 53.0 Å². The first-order valence-electron chi connectivity index (χ1n) is 6.31. The van der Waals surface area contributed by atoms with Crippen LogP contribution in [-0.4, -0.2) is 27.7 Å². The third-order valence-electron chi connectivity index (χ3n) is 2.50. The first-order chi connectivity index (χ1) is 8.69. The maximum atomic E-state index is 5.86. The molecule has 0 radical (unpaired) electrons. The third-order valence-corrected chi connectivity index (χ3v) is 5.44. The molecule has 0 aliphatic carbocycles. The molecule has 1 rings (SSSR count). The molecule has 0 saturated carbocycles. The minimum absolute atomic E-state index is 0.192. The molecule has 0 saturated heterocycles. The van der Waals surface area contributed by atoms with Crippen molar-refractivity contribution in [3.8, 4) is 0 Å². The normalized spacial score (nSPS) is 11.9. The summed E-state index contributed by atoms with van der Waals surface area (Å²) in [5.41, 5.74) is 1.37. The van der Waals surface area contributed by atoms with Crippen molar-refractivity contribution in [3.63, 3.8) is 0 Å². The SMILES string of the molecule is C=CCC(OCC)C([Se]c1ccccc1)=C(C)C. The number of benzene rings is 1. The monoisotopic (exact) mass is 310 g/mol. The molecule has 1 atom stereocenters. The minimum atomic E-state index is 0.192. The van der Waals surface area contributed by atoms with Gasteiger partial charge in [0.2, 0.25) is 0 Å². The van der Waals surface area contributed by atoms with Gasteiger partial charge in [-0.1, -0.05) is 0 Å². The van der Waals surface area contributed by atoms with Gasteiger partial charge in [0.25, 0.3) is 0 Å². The van der Waals surface area contributed by atoms with Crippen molar-refractivity contribution < 1.29 is 4.74 Å². The summed E-state index contributed by atoms with van der Waals surface area (Å²) in [7, 11) is 0. The molecule has 0 spiro atoms. The van der Waals surface area contributed by atoms with Gasteiger partial charge >= 0.3 is 117 Å². The van der Waals surface area contributed by atoms with Crippen LogP contribution in [0.4, 0.5) is 0 Å². The fraction of sp³-hybridized carbons (Fsp3) is 0.375. The summed E-state index contributed by atoms with van der Waals surface area (Å²) in [4.78, 5) is 0. The van der Waals surface area contributed by atoms with E-state index in [1.165, 1.54) is 14.5 Å². The quantitative estimate of drug-likeness (QED) is 0.555. The van der Waals surface area contributed by atoms with Crippen LogP contribution in [0.5, 0.6) is 0 Å². The number of rotatable bonds is 7. The van der Waals surface area contributed by atoms with E-state index in [4.69, 9.17) is 4.74 Å². The second kappa shape index (κ2) is 8.31. The third kappa shape index (κ3) is 4.81. The molecule has 0 bridgehead atoms. The molecule has 1 aromatic rings. The molecule has 0 fully saturated rings. The molecular weight excluding hydrogens is 287 g/mol. The topological polar surface area (TPSA) is 9.23 Å². The Morgan fingerprint density at radius 1 is 1.33 bits per heavy atom. The fourth-order valence-corrected chi connectivity index (χ4v) is 3.91. The standard InChI is InChI=1S/C16H22OSe/c1-5-10-15(17-6-2)16(13(3)4)18-14-11-8-7-9-12-14/h5,7-9,11-12,15H,1,6,10H2,2-4H3. The average Bonchev–Trinajstić information content (AvgIpc) is 2.37. The van der Waals surface area contributed by atoms with Gasteiger partial charge in [0, 0.05) is 0 Å². The number of hydrogen-bond acceptors (Lipinski definition) is 1. The molecule has 0 heterocycles. The van der Waals surface area contributed by atoms with Gasteiger partial charge < -0.3 is 0 Å². The van der Waals surface area contributed by atoms with E-state index in [0.717, 1.165) is 13.0 Å². The van der Waals surface area contributed by atoms with Crippen LogP contribution in [0.3, 0.4) is 0 Å². The fourth-order valence-electron chi connectivity index (χ4n) is 1.71. The molecule has 0 aromatic heterocycles. The van der Waals surface area contributed by atoms with Gasteiger partial charge in [0.05, 0.1) is 0 Å². The zero-order chi connectivity index (χ0) is 13.4.